The van der Waals surface area contributed by atoms with Crippen molar-refractivity contribution in [3.05, 3.63) is 11.6 Å². The number of hydrogen-bond donors (Lipinski definition) is 1. The van der Waals surface area contributed by atoms with Crippen LogP contribution in [-0.2, 0) is 0 Å². The van der Waals surface area contributed by atoms with E-state index < -0.39 is 0 Å². The molecule has 0 spiro atoms. The summed E-state index contributed by atoms with van der Waals surface area (Å²) in [7, 11) is 0. The van der Waals surface area contributed by atoms with Gasteiger partial charge in [0.25, 0.3) is 0 Å². The fourth-order valence-electron chi connectivity index (χ4n) is 2.76. The Kier molecular flexibility index (Phi) is 3.78. The van der Waals surface area contributed by atoms with Gasteiger partial charge in [-0.25, -0.2) is 0 Å². The molecule has 1 aliphatic heterocycles. The molecule has 1 saturated heterocycles. The van der Waals surface area contributed by atoms with Gasteiger partial charge >= 0.3 is 0 Å². The SMILES string of the molecule is CC1(C(N)C2=CCCCCC2)CCCS1. The molecule has 86 valence electrons. The van der Waals surface area contributed by atoms with Crippen molar-refractivity contribution in [2.45, 2.75) is 62.7 Å². The van der Waals surface area contributed by atoms with E-state index in [-0.39, 0.29) is 0 Å². The number of thioether (sulfide) groups is 1. The molecule has 1 fully saturated rings. The lowest BCUT2D eigenvalue weighted by Gasteiger charge is -2.32. The Hall–Kier alpha value is 0.0500. The summed E-state index contributed by atoms with van der Waals surface area (Å²) in [4.78, 5) is 0. The van der Waals surface area contributed by atoms with Crippen LogP contribution in [0.3, 0.4) is 0 Å². The molecule has 0 aromatic heterocycles. The highest BCUT2D eigenvalue weighted by molar-refractivity contribution is 8.00. The highest BCUT2D eigenvalue weighted by atomic mass is 32.2. The predicted molar refractivity (Wildman–Crippen MR) is 69.2 cm³/mol. The van der Waals surface area contributed by atoms with Gasteiger partial charge in [-0.2, -0.15) is 11.8 Å². The highest BCUT2D eigenvalue weighted by Gasteiger charge is 2.37. The van der Waals surface area contributed by atoms with Crippen molar-refractivity contribution >= 4 is 11.8 Å². The van der Waals surface area contributed by atoms with E-state index in [4.69, 9.17) is 5.73 Å². The molecule has 2 rings (SSSR count). The Labute approximate surface area is 97.9 Å². The molecular weight excluding hydrogens is 202 g/mol. The fourth-order valence-corrected chi connectivity index (χ4v) is 4.13. The maximum absolute atomic E-state index is 6.47. The second kappa shape index (κ2) is 4.92. The van der Waals surface area contributed by atoms with E-state index in [1.54, 1.807) is 5.57 Å². The Morgan fingerprint density at radius 1 is 1.33 bits per heavy atom. The molecule has 0 amide bonds. The first kappa shape index (κ1) is 11.5. The first-order valence-corrected chi connectivity index (χ1v) is 7.29. The minimum Gasteiger partial charge on any atom is -0.323 e. The topological polar surface area (TPSA) is 26.0 Å². The summed E-state index contributed by atoms with van der Waals surface area (Å²) < 4.78 is 0.330. The van der Waals surface area contributed by atoms with Crippen LogP contribution < -0.4 is 5.73 Å². The lowest BCUT2D eigenvalue weighted by atomic mass is 9.88. The third-order valence-corrected chi connectivity index (χ3v) is 5.49. The molecule has 0 aromatic carbocycles. The summed E-state index contributed by atoms with van der Waals surface area (Å²) in [6.45, 7) is 2.36. The molecule has 0 bridgehead atoms. The number of allylic oxidation sites excluding steroid dienone is 1. The molecule has 2 N–H and O–H groups in total. The van der Waals surface area contributed by atoms with Gasteiger partial charge in [-0.3, -0.25) is 0 Å². The number of nitrogens with two attached hydrogens (primary N) is 1. The van der Waals surface area contributed by atoms with Crippen molar-refractivity contribution in [2.75, 3.05) is 5.75 Å². The van der Waals surface area contributed by atoms with Gasteiger partial charge < -0.3 is 5.73 Å². The Balaban J connectivity index is 2.04. The number of rotatable bonds is 2. The first-order valence-electron chi connectivity index (χ1n) is 6.31. The van der Waals surface area contributed by atoms with E-state index in [0.717, 1.165) is 0 Å². The van der Waals surface area contributed by atoms with Gasteiger partial charge in [-0.1, -0.05) is 18.1 Å². The molecule has 0 radical (unpaired) electrons. The smallest absolute Gasteiger partial charge is 0.0400 e. The van der Waals surface area contributed by atoms with E-state index in [2.05, 4.69) is 24.8 Å². The molecule has 1 nitrogen and oxygen atoms in total. The van der Waals surface area contributed by atoms with Crippen LogP contribution in [0.25, 0.3) is 0 Å². The van der Waals surface area contributed by atoms with Crippen LogP contribution in [0, 0.1) is 0 Å². The van der Waals surface area contributed by atoms with Gasteiger partial charge in [0, 0.05) is 10.8 Å². The summed E-state index contributed by atoms with van der Waals surface area (Å²) in [6.07, 6.45) is 11.7. The van der Waals surface area contributed by atoms with Crippen LogP contribution >= 0.6 is 11.8 Å². The second-order valence-corrected chi connectivity index (χ2v) is 6.75. The van der Waals surface area contributed by atoms with Crippen LogP contribution in [0.1, 0.15) is 51.9 Å². The summed E-state index contributed by atoms with van der Waals surface area (Å²) in [5, 5.41) is 0. The summed E-state index contributed by atoms with van der Waals surface area (Å²) in [6, 6.07) is 0.308. The Morgan fingerprint density at radius 3 is 2.93 bits per heavy atom. The standard InChI is InChI=1S/C13H23NS/c1-13(9-6-10-15-13)12(14)11-7-4-2-3-5-8-11/h7,12H,2-6,8-10,14H2,1H3. The Bertz CT molecular complexity index is 241. The monoisotopic (exact) mass is 225 g/mol. The maximum atomic E-state index is 6.47. The van der Waals surface area contributed by atoms with Gasteiger partial charge in [-0.05, 0) is 51.2 Å². The van der Waals surface area contributed by atoms with Crippen molar-refractivity contribution in [1.29, 1.82) is 0 Å². The molecular formula is C13H23NS. The first-order chi connectivity index (χ1) is 7.22. The minimum atomic E-state index is 0.308. The largest absolute Gasteiger partial charge is 0.323 e. The van der Waals surface area contributed by atoms with E-state index in [9.17, 15) is 0 Å². The van der Waals surface area contributed by atoms with Crippen molar-refractivity contribution in [2.24, 2.45) is 5.73 Å². The normalized spacial score (nSPS) is 34.7. The lowest BCUT2D eigenvalue weighted by molar-refractivity contribution is 0.516. The van der Waals surface area contributed by atoms with Crippen molar-refractivity contribution in [3.8, 4) is 0 Å². The average molecular weight is 225 g/mol. The predicted octanol–water partition coefficient (Wildman–Crippen LogP) is 3.49. The molecule has 15 heavy (non-hydrogen) atoms. The average Bonchev–Trinajstić information content (AvgIpc) is 2.54. The molecule has 1 heterocycles. The third kappa shape index (κ3) is 2.59. The van der Waals surface area contributed by atoms with Crippen LogP contribution in [-0.4, -0.2) is 16.5 Å². The van der Waals surface area contributed by atoms with Crippen molar-refractivity contribution < 1.29 is 0 Å². The molecule has 0 saturated carbocycles. The van der Waals surface area contributed by atoms with Gasteiger partial charge in [-0.15, -0.1) is 0 Å². The third-order valence-electron chi connectivity index (χ3n) is 3.88. The lowest BCUT2D eigenvalue weighted by Crippen LogP contribution is -2.42. The van der Waals surface area contributed by atoms with Gasteiger partial charge in [0.1, 0.15) is 0 Å². The molecule has 2 unspecified atom stereocenters. The van der Waals surface area contributed by atoms with Crippen LogP contribution in [0.15, 0.2) is 11.6 Å². The van der Waals surface area contributed by atoms with Gasteiger partial charge in [0.15, 0.2) is 0 Å². The molecule has 0 aromatic rings. The number of hydrogen-bond acceptors (Lipinski definition) is 2. The molecule has 2 aliphatic rings. The summed E-state index contributed by atoms with van der Waals surface area (Å²) >= 11 is 2.09. The maximum Gasteiger partial charge on any atom is 0.0400 e. The molecule has 2 heteroatoms. The van der Waals surface area contributed by atoms with Gasteiger partial charge in [0.2, 0.25) is 0 Å². The second-order valence-electron chi connectivity index (χ2n) is 5.12. The summed E-state index contributed by atoms with van der Waals surface area (Å²) in [5.74, 6) is 1.30. The van der Waals surface area contributed by atoms with Crippen molar-refractivity contribution in [3.63, 3.8) is 0 Å². The zero-order chi connectivity index (χ0) is 10.7. The molecule has 1 aliphatic carbocycles. The summed E-state index contributed by atoms with van der Waals surface area (Å²) in [5.41, 5.74) is 8.01. The van der Waals surface area contributed by atoms with Crippen LogP contribution in [0.4, 0.5) is 0 Å². The minimum absolute atomic E-state index is 0.308. The highest BCUT2D eigenvalue weighted by Crippen LogP contribution is 2.42. The van der Waals surface area contributed by atoms with Crippen molar-refractivity contribution in [1.82, 2.24) is 0 Å². The zero-order valence-corrected chi connectivity index (χ0v) is 10.6. The van der Waals surface area contributed by atoms with Gasteiger partial charge in [0.05, 0.1) is 0 Å². The van der Waals surface area contributed by atoms with Crippen LogP contribution in [0.2, 0.25) is 0 Å². The molecule has 2 atom stereocenters. The zero-order valence-electron chi connectivity index (χ0n) is 9.80. The van der Waals surface area contributed by atoms with E-state index >= 15 is 0 Å². The van der Waals surface area contributed by atoms with E-state index in [0.29, 0.717) is 10.8 Å². The van der Waals surface area contributed by atoms with Crippen LogP contribution in [0.5, 0.6) is 0 Å². The Morgan fingerprint density at radius 2 is 2.20 bits per heavy atom. The quantitative estimate of drug-likeness (QED) is 0.728. The fraction of sp³-hybridized carbons (Fsp3) is 0.846. The van der Waals surface area contributed by atoms with E-state index in [1.165, 1.54) is 50.7 Å². The van der Waals surface area contributed by atoms with E-state index in [1.807, 2.05) is 0 Å².